The maximum Gasteiger partial charge on any atom is 0.196 e. The largest absolute Gasteiger partial charge is 0.270 e. The van der Waals surface area contributed by atoms with Gasteiger partial charge >= 0.3 is 0 Å². The van der Waals surface area contributed by atoms with Gasteiger partial charge in [-0.05, 0) is 43.5 Å². The van der Waals surface area contributed by atoms with E-state index in [2.05, 4.69) is 108 Å². The number of aryl methyl sites for hydroxylation is 3. The van der Waals surface area contributed by atoms with E-state index in [0.29, 0.717) is 0 Å². The van der Waals surface area contributed by atoms with Crippen LogP contribution in [0.5, 0.6) is 0 Å². The van der Waals surface area contributed by atoms with Crippen molar-refractivity contribution in [3.05, 3.63) is 95.1 Å². The fourth-order valence-corrected chi connectivity index (χ4v) is 4.13. The molecule has 0 aliphatic heterocycles. The van der Waals surface area contributed by atoms with Crippen molar-refractivity contribution in [3.8, 4) is 17.1 Å². The molecule has 0 bridgehead atoms. The summed E-state index contributed by atoms with van der Waals surface area (Å²) in [4.78, 5) is 0. The third kappa shape index (κ3) is 3.73. The fourth-order valence-electron chi connectivity index (χ4n) is 3.23. The van der Waals surface area contributed by atoms with Gasteiger partial charge in [-0.2, -0.15) is 0 Å². The number of benzene rings is 3. The number of hydrogen-bond donors (Lipinski definition) is 0. The lowest BCUT2D eigenvalue weighted by molar-refractivity contribution is 0.880. The quantitative estimate of drug-likeness (QED) is 0.386. The van der Waals surface area contributed by atoms with E-state index in [-0.39, 0.29) is 0 Å². The molecule has 0 aliphatic carbocycles. The van der Waals surface area contributed by atoms with Crippen LogP contribution >= 0.6 is 11.8 Å². The molecular weight excluding hydrogens is 362 g/mol. The van der Waals surface area contributed by atoms with Gasteiger partial charge in [0.15, 0.2) is 11.0 Å². The van der Waals surface area contributed by atoms with Gasteiger partial charge in [0.1, 0.15) is 0 Å². The van der Waals surface area contributed by atoms with Crippen LogP contribution in [-0.2, 0) is 5.75 Å². The van der Waals surface area contributed by atoms with E-state index >= 15 is 0 Å². The zero-order valence-corrected chi connectivity index (χ0v) is 17.2. The summed E-state index contributed by atoms with van der Waals surface area (Å²) in [6.07, 6.45) is 0. The highest BCUT2D eigenvalue weighted by Gasteiger charge is 2.18. The number of aromatic nitrogens is 3. The molecule has 4 aromatic rings. The first kappa shape index (κ1) is 18.5. The summed E-state index contributed by atoms with van der Waals surface area (Å²) in [7, 11) is 0. The topological polar surface area (TPSA) is 30.7 Å². The van der Waals surface area contributed by atoms with E-state index in [1.165, 1.54) is 22.3 Å². The summed E-state index contributed by atoms with van der Waals surface area (Å²) < 4.78 is 2.19. The van der Waals surface area contributed by atoms with Gasteiger partial charge in [-0.25, -0.2) is 0 Å². The molecular formula is C24H23N3S. The van der Waals surface area contributed by atoms with E-state index < -0.39 is 0 Å². The van der Waals surface area contributed by atoms with Crippen LogP contribution in [0.15, 0.2) is 78.0 Å². The van der Waals surface area contributed by atoms with Gasteiger partial charge in [0.05, 0.1) is 5.69 Å². The van der Waals surface area contributed by atoms with E-state index in [4.69, 9.17) is 0 Å². The highest BCUT2D eigenvalue weighted by atomic mass is 32.2. The maximum absolute atomic E-state index is 4.58. The highest BCUT2D eigenvalue weighted by Crippen LogP contribution is 2.32. The second kappa shape index (κ2) is 8.03. The minimum Gasteiger partial charge on any atom is -0.270 e. The summed E-state index contributed by atoms with van der Waals surface area (Å²) in [6, 6.07) is 25.4. The molecule has 0 fully saturated rings. The Morgan fingerprint density at radius 1 is 0.750 bits per heavy atom. The first-order valence-electron chi connectivity index (χ1n) is 9.39. The second-order valence-electron chi connectivity index (χ2n) is 7.02. The predicted octanol–water partition coefficient (Wildman–Crippen LogP) is 6.15. The zero-order chi connectivity index (χ0) is 19.5. The van der Waals surface area contributed by atoms with Crippen molar-refractivity contribution in [1.29, 1.82) is 0 Å². The Kier molecular flexibility index (Phi) is 5.31. The van der Waals surface area contributed by atoms with E-state index in [9.17, 15) is 0 Å². The van der Waals surface area contributed by atoms with Crippen LogP contribution in [0.3, 0.4) is 0 Å². The molecule has 3 nitrogen and oxygen atoms in total. The molecule has 1 aromatic heterocycles. The Balaban J connectivity index is 1.77. The van der Waals surface area contributed by atoms with Crippen LogP contribution in [0, 0.1) is 20.8 Å². The molecule has 0 atom stereocenters. The third-order valence-corrected chi connectivity index (χ3v) is 5.86. The van der Waals surface area contributed by atoms with E-state index in [1.54, 1.807) is 11.8 Å². The average molecular weight is 386 g/mol. The molecule has 28 heavy (non-hydrogen) atoms. The molecule has 0 unspecified atom stereocenters. The smallest absolute Gasteiger partial charge is 0.196 e. The van der Waals surface area contributed by atoms with Crippen molar-refractivity contribution in [1.82, 2.24) is 14.8 Å². The third-order valence-electron chi connectivity index (χ3n) is 4.86. The van der Waals surface area contributed by atoms with Gasteiger partial charge < -0.3 is 0 Å². The lowest BCUT2D eigenvalue weighted by Crippen LogP contribution is -2.02. The number of nitrogens with zero attached hydrogens (tertiary/aromatic N) is 3. The summed E-state index contributed by atoms with van der Waals surface area (Å²) in [5.74, 6) is 1.75. The summed E-state index contributed by atoms with van der Waals surface area (Å²) in [5.41, 5.74) is 7.19. The van der Waals surface area contributed by atoms with Gasteiger partial charge in [0.2, 0.25) is 0 Å². The van der Waals surface area contributed by atoms with Crippen molar-refractivity contribution in [2.75, 3.05) is 0 Å². The van der Waals surface area contributed by atoms with Gasteiger partial charge in [-0.15, -0.1) is 10.2 Å². The molecule has 140 valence electrons. The van der Waals surface area contributed by atoms with Gasteiger partial charge in [0, 0.05) is 11.3 Å². The highest BCUT2D eigenvalue weighted by molar-refractivity contribution is 7.98. The Hall–Kier alpha value is -2.85. The lowest BCUT2D eigenvalue weighted by Gasteiger charge is -2.14. The zero-order valence-electron chi connectivity index (χ0n) is 16.4. The van der Waals surface area contributed by atoms with Crippen LogP contribution in [-0.4, -0.2) is 14.8 Å². The van der Waals surface area contributed by atoms with Crippen molar-refractivity contribution in [2.24, 2.45) is 0 Å². The number of thioether (sulfide) groups is 1. The average Bonchev–Trinajstić information content (AvgIpc) is 3.12. The fraction of sp³-hybridized carbons (Fsp3) is 0.167. The molecule has 0 saturated carbocycles. The molecule has 0 saturated heterocycles. The molecule has 0 radical (unpaired) electrons. The standard InChI is InChI=1S/C24H23N3S/c1-17-12-14-20(15-13-17)16-28-24-26-25-23(21-10-6-4-8-18(21)2)27(24)22-11-7-5-9-19(22)3/h4-15H,16H2,1-3H3. The summed E-state index contributed by atoms with van der Waals surface area (Å²) in [6.45, 7) is 6.36. The molecule has 0 spiro atoms. The van der Waals surface area contributed by atoms with Gasteiger partial charge in [-0.1, -0.05) is 84.1 Å². The maximum atomic E-state index is 4.58. The van der Waals surface area contributed by atoms with Crippen LogP contribution in [0.2, 0.25) is 0 Å². The van der Waals surface area contributed by atoms with Crippen LogP contribution < -0.4 is 0 Å². The van der Waals surface area contributed by atoms with Crippen molar-refractivity contribution < 1.29 is 0 Å². The van der Waals surface area contributed by atoms with E-state index in [0.717, 1.165) is 28.0 Å². The molecule has 0 aliphatic rings. The molecule has 3 aromatic carbocycles. The molecule has 1 heterocycles. The minimum absolute atomic E-state index is 0.859. The van der Waals surface area contributed by atoms with Gasteiger partial charge in [-0.3, -0.25) is 4.57 Å². The second-order valence-corrected chi connectivity index (χ2v) is 7.96. The van der Waals surface area contributed by atoms with Crippen molar-refractivity contribution >= 4 is 11.8 Å². The molecule has 0 amide bonds. The first-order valence-corrected chi connectivity index (χ1v) is 10.4. The minimum atomic E-state index is 0.859. The Labute approximate surface area is 170 Å². The van der Waals surface area contributed by atoms with E-state index in [1.807, 2.05) is 0 Å². The van der Waals surface area contributed by atoms with Crippen molar-refractivity contribution in [3.63, 3.8) is 0 Å². The van der Waals surface area contributed by atoms with Crippen LogP contribution in [0.25, 0.3) is 17.1 Å². The Morgan fingerprint density at radius 3 is 2.14 bits per heavy atom. The SMILES string of the molecule is Cc1ccc(CSc2nnc(-c3ccccc3C)n2-c2ccccc2C)cc1. The Bertz CT molecular complexity index is 1100. The summed E-state index contributed by atoms with van der Waals surface area (Å²) in [5, 5.41) is 10.1. The number of hydrogen-bond acceptors (Lipinski definition) is 3. The van der Waals surface area contributed by atoms with Crippen molar-refractivity contribution in [2.45, 2.75) is 31.7 Å². The predicted molar refractivity (Wildman–Crippen MR) is 117 cm³/mol. The lowest BCUT2D eigenvalue weighted by atomic mass is 10.1. The van der Waals surface area contributed by atoms with Gasteiger partial charge in [0.25, 0.3) is 0 Å². The normalized spacial score (nSPS) is 11.0. The number of para-hydroxylation sites is 1. The molecule has 0 N–H and O–H groups in total. The number of rotatable bonds is 5. The Morgan fingerprint density at radius 2 is 1.43 bits per heavy atom. The van der Waals surface area contributed by atoms with Crippen LogP contribution in [0.1, 0.15) is 22.3 Å². The summed E-state index contributed by atoms with van der Waals surface area (Å²) >= 11 is 1.72. The van der Waals surface area contributed by atoms with Crippen LogP contribution in [0.4, 0.5) is 0 Å². The monoisotopic (exact) mass is 385 g/mol. The molecule has 4 rings (SSSR count). The first-order chi connectivity index (χ1) is 13.6. The molecule has 4 heteroatoms.